The summed E-state index contributed by atoms with van der Waals surface area (Å²) in [5, 5.41) is 4.16. The van der Waals surface area contributed by atoms with E-state index in [2.05, 4.69) is 12.0 Å². The molecule has 1 amide bonds. The Kier molecular flexibility index (Phi) is 5.11. The maximum Gasteiger partial charge on any atom is 0.410 e. The van der Waals surface area contributed by atoms with Gasteiger partial charge in [0.1, 0.15) is 5.60 Å². The lowest BCUT2D eigenvalue weighted by molar-refractivity contribution is -0.0462. The van der Waals surface area contributed by atoms with Gasteiger partial charge in [0.15, 0.2) is 0 Å². The number of ether oxygens (including phenoxy) is 2. The van der Waals surface area contributed by atoms with Gasteiger partial charge in [-0.25, -0.2) is 4.79 Å². The van der Waals surface area contributed by atoms with Gasteiger partial charge in [0.25, 0.3) is 0 Å². The lowest BCUT2D eigenvalue weighted by Crippen LogP contribution is -2.40. The van der Waals surface area contributed by atoms with Crippen LogP contribution in [-0.2, 0) is 16.0 Å². The van der Waals surface area contributed by atoms with Gasteiger partial charge in [-0.05, 0) is 39.7 Å². The summed E-state index contributed by atoms with van der Waals surface area (Å²) < 4.78 is 13.4. The van der Waals surface area contributed by atoms with Crippen LogP contribution in [0.1, 0.15) is 40.5 Å². The number of hydrogen-bond acceptors (Lipinski definition) is 4. The zero-order valence-corrected chi connectivity index (χ0v) is 14.0. The van der Waals surface area contributed by atoms with Gasteiger partial charge in [-0.15, -0.1) is 0 Å². The molecule has 1 saturated heterocycles. The molecule has 0 aliphatic carbocycles. The Hall–Kier alpha value is -1.56. The molecule has 6 nitrogen and oxygen atoms in total. The first-order valence-corrected chi connectivity index (χ1v) is 7.93. The molecule has 0 radical (unpaired) electrons. The fourth-order valence-corrected chi connectivity index (χ4v) is 2.62. The average Bonchev–Trinajstić information content (AvgIpc) is 3.07. The van der Waals surface area contributed by atoms with Crippen LogP contribution in [0.2, 0.25) is 0 Å². The van der Waals surface area contributed by atoms with E-state index in [9.17, 15) is 4.79 Å². The van der Waals surface area contributed by atoms with Crippen LogP contribution in [0.4, 0.5) is 4.79 Å². The van der Waals surface area contributed by atoms with E-state index >= 15 is 0 Å². The van der Waals surface area contributed by atoms with E-state index in [0.717, 1.165) is 19.4 Å². The van der Waals surface area contributed by atoms with E-state index in [1.54, 1.807) is 11.1 Å². The molecule has 2 heterocycles. The van der Waals surface area contributed by atoms with Crippen molar-refractivity contribution in [3.63, 3.8) is 0 Å². The van der Waals surface area contributed by atoms with Crippen molar-refractivity contribution in [2.75, 3.05) is 19.7 Å². The van der Waals surface area contributed by atoms with Gasteiger partial charge in [0.2, 0.25) is 0 Å². The van der Waals surface area contributed by atoms with Crippen LogP contribution < -0.4 is 0 Å². The molecule has 0 spiro atoms. The lowest BCUT2D eigenvalue weighted by atomic mass is 10.00. The van der Waals surface area contributed by atoms with Crippen molar-refractivity contribution >= 4 is 6.09 Å². The Balaban J connectivity index is 1.85. The van der Waals surface area contributed by atoms with E-state index in [1.807, 2.05) is 37.7 Å². The molecule has 0 aromatic carbocycles. The summed E-state index contributed by atoms with van der Waals surface area (Å²) in [4.78, 5) is 13.9. The number of aromatic nitrogens is 2. The van der Waals surface area contributed by atoms with E-state index in [1.165, 1.54) is 0 Å². The fourth-order valence-electron chi connectivity index (χ4n) is 2.62. The quantitative estimate of drug-likeness (QED) is 0.839. The predicted molar refractivity (Wildman–Crippen MR) is 83.6 cm³/mol. The zero-order valence-electron chi connectivity index (χ0n) is 14.0. The van der Waals surface area contributed by atoms with Crippen LogP contribution in [0.3, 0.4) is 0 Å². The molecule has 1 aromatic heterocycles. The average molecular weight is 309 g/mol. The van der Waals surface area contributed by atoms with Crippen molar-refractivity contribution in [1.82, 2.24) is 14.7 Å². The van der Waals surface area contributed by atoms with E-state index in [0.29, 0.717) is 19.7 Å². The summed E-state index contributed by atoms with van der Waals surface area (Å²) in [7, 11) is 0. The van der Waals surface area contributed by atoms with Crippen LogP contribution in [0, 0.1) is 0 Å². The number of nitrogens with zero attached hydrogens (tertiary/aromatic N) is 3. The highest BCUT2D eigenvalue weighted by molar-refractivity contribution is 5.68. The van der Waals surface area contributed by atoms with Gasteiger partial charge in [-0.2, -0.15) is 5.10 Å². The molecular weight excluding hydrogens is 282 g/mol. The van der Waals surface area contributed by atoms with Crippen LogP contribution in [0.5, 0.6) is 0 Å². The molecule has 2 rings (SSSR count). The molecule has 6 heteroatoms. The highest BCUT2D eigenvalue weighted by Gasteiger charge is 2.40. The van der Waals surface area contributed by atoms with E-state index in [4.69, 9.17) is 9.47 Å². The highest BCUT2D eigenvalue weighted by atomic mass is 16.6. The number of carbonyl (C=O) groups is 1. The molecule has 0 bridgehead atoms. The second kappa shape index (κ2) is 6.69. The summed E-state index contributed by atoms with van der Waals surface area (Å²) >= 11 is 0. The topological polar surface area (TPSA) is 56.6 Å². The highest BCUT2D eigenvalue weighted by Crippen LogP contribution is 2.29. The second-order valence-corrected chi connectivity index (χ2v) is 6.81. The Morgan fingerprint density at radius 3 is 2.77 bits per heavy atom. The van der Waals surface area contributed by atoms with E-state index in [-0.39, 0.29) is 11.7 Å². The molecular formula is C16H27N3O3. The molecule has 1 aliphatic heterocycles. The Bertz CT molecular complexity index is 481. The van der Waals surface area contributed by atoms with Gasteiger partial charge >= 0.3 is 6.09 Å². The second-order valence-electron chi connectivity index (χ2n) is 6.81. The molecule has 22 heavy (non-hydrogen) atoms. The molecule has 1 fully saturated rings. The lowest BCUT2D eigenvalue weighted by Gasteiger charge is -2.29. The molecule has 1 unspecified atom stereocenters. The Morgan fingerprint density at radius 2 is 2.18 bits per heavy atom. The van der Waals surface area contributed by atoms with Crippen molar-refractivity contribution in [2.45, 2.75) is 58.3 Å². The molecule has 0 N–H and O–H groups in total. The third kappa shape index (κ3) is 4.47. The number of amides is 1. The minimum absolute atomic E-state index is 0.251. The minimum Gasteiger partial charge on any atom is -0.444 e. The summed E-state index contributed by atoms with van der Waals surface area (Å²) in [6.45, 7) is 10.4. The van der Waals surface area contributed by atoms with Gasteiger partial charge < -0.3 is 14.4 Å². The van der Waals surface area contributed by atoms with Crippen molar-refractivity contribution < 1.29 is 14.3 Å². The molecule has 1 atom stereocenters. The van der Waals surface area contributed by atoms with Crippen molar-refractivity contribution in [3.05, 3.63) is 18.5 Å². The Morgan fingerprint density at radius 1 is 1.41 bits per heavy atom. The Labute approximate surface area is 132 Å². The van der Waals surface area contributed by atoms with Gasteiger partial charge in [0, 0.05) is 18.9 Å². The molecule has 0 saturated carbocycles. The van der Waals surface area contributed by atoms with Crippen LogP contribution in [-0.4, -0.2) is 51.7 Å². The minimum atomic E-state index is -0.463. The first-order valence-electron chi connectivity index (χ1n) is 7.93. The van der Waals surface area contributed by atoms with Gasteiger partial charge in [-0.1, -0.05) is 6.92 Å². The van der Waals surface area contributed by atoms with Crippen LogP contribution in [0.15, 0.2) is 18.5 Å². The number of likely N-dealkylation sites (tertiary alicyclic amines) is 1. The number of carbonyl (C=O) groups excluding carboxylic acids is 1. The maximum atomic E-state index is 12.2. The van der Waals surface area contributed by atoms with Crippen LogP contribution >= 0.6 is 0 Å². The molecule has 1 aliphatic rings. The number of rotatable bonds is 5. The monoisotopic (exact) mass is 309 g/mol. The fraction of sp³-hybridized carbons (Fsp3) is 0.750. The normalized spacial score (nSPS) is 22.1. The molecule has 124 valence electrons. The summed E-state index contributed by atoms with van der Waals surface area (Å²) in [5.74, 6) is 0. The molecule has 1 aromatic rings. The summed E-state index contributed by atoms with van der Waals surface area (Å²) in [5.41, 5.74) is -0.723. The van der Waals surface area contributed by atoms with Crippen molar-refractivity contribution in [3.8, 4) is 0 Å². The number of hydrogen-bond donors (Lipinski definition) is 0. The predicted octanol–water partition coefficient (Wildman–Crippen LogP) is 2.69. The zero-order chi connectivity index (χ0) is 16.2. The van der Waals surface area contributed by atoms with Gasteiger partial charge in [0.05, 0.1) is 25.3 Å². The summed E-state index contributed by atoms with van der Waals surface area (Å²) in [6.07, 6.45) is 5.16. The van der Waals surface area contributed by atoms with Crippen molar-refractivity contribution in [1.29, 1.82) is 0 Å². The largest absolute Gasteiger partial charge is 0.444 e. The first kappa shape index (κ1) is 16.8. The SMILES string of the molecule is CCC1(OCCn2cccn2)CCN(C(=O)OC(C)(C)C)C1. The van der Waals surface area contributed by atoms with E-state index < -0.39 is 5.60 Å². The maximum absolute atomic E-state index is 12.2. The third-order valence-corrected chi connectivity index (χ3v) is 3.90. The van der Waals surface area contributed by atoms with Crippen molar-refractivity contribution in [2.24, 2.45) is 0 Å². The third-order valence-electron chi connectivity index (χ3n) is 3.90. The smallest absolute Gasteiger partial charge is 0.410 e. The standard InChI is InChI=1S/C16H27N3O3/c1-5-16(21-12-11-19-9-6-8-17-19)7-10-18(13-16)14(20)22-15(2,3)4/h6,8-9H,5,7,10-13H2,1-4H3. The van der Waals surface area contributed by atoms with Crippen LogP contribution in [0.25, 0.3) is 0 Å². The van der Waals surface area contributed by atoms with Gasteiger partial charge in [-0.3, -0.25) is 4.68 Å². The summed E-state index contributed by atoms with van der Waals surface area (Å²) in [6, 6.07) is 1.90. The first-order chi connectivity index (χ1) is 10.3.